The van der Waals surface area contributed by atoms with Gasteiger partial charge in [-0.05, 0) is 36.8 Å². The van der Waals surface area contributed by atoms with Gasteiger partial charge in [0.2, 0.25) is 0 Å². The molecule has 0 unspecified atom stereocenters. The van der Waals surface area contributed by atoms with Crippen LogP contribution >= 0.6 is 0 Å². The molecule has 2 aromatic heterocycles. The standard InChI is InChI=1S/C28H23N5/c1-18(29)19-13-15-21(16-14-19)26-25(20-8-3-2-4-9-20)32-28-22-10-5-6-11-23(22)31-27-24(33(26)28)12-7-17-30-27/h2-18H,29H2,1H3,(H,30,31)/t18-/m0/s1. The highest BCUT2D eigenvalue weighted by Gasteiger charge is 2.27. The molecule has 5 nitrogen and oxygen atoms in total. The first kappa shape index (κ1) is 19.5. The Labute approximate surface area is 192 Å². The Bertz CT molecular complexity index is 1450. The van der Waals surface area contributed by atoms with Crippen LogP contribution in [-0.4, -0.2) is 14.5 Å². The van der Waals surface area contributed by atoms with E-state index in [1.54, 1.807) is 0 Å². The summed E-state index contributed by atoms with van der Waals surface area (Å²) in [6, 6.07) is 31.1. The Morgan fingerprint density at radius 1 is 0.818 bits per heavy atom. The van der Waals surface area contributed by atoms with Crippen molar-refractivity contribution >= 4 is 11.5 Å². The zero-order valence-corrected chi connectivity index (χ0v) is 18.2. The summed E-state index contributed by atoms with van der Waals surface area (Å²) < 4.78 is 2.23. The summed E-state index contributed by atoms with van der Waals surface area (Å²) >= 11 is 0. The normalized spacial score (nSPS) is 12.7. The summed E-state index contributed by atoms with van der Waals surface area (Å²) in [5.74, 6) is 1.68. The second-order valence-electron chi connectivity index (χ2n) is 8.29. The smallest absolute Gasteiger partial charge is 0.154 e. The first-order chi connectivity index (χ1) is 16.2. The van der Waals surface area contributed by atoms with Crippen LogP contribution in [0, 0.1) is 0 Å². The minimum absolute atomic E-state index is 0.0174. The number of nitrogens with zero attached hydrogens (tertiary/aromatic N) is 3. The average Bonchev–Trinajstić information content (AvgIpc) is 3.19. The number of nitrogens with one attached hydrogen (secondary N) is 1. The SMILES string of the molecule is C[C@H](N)c1ccc(-c2c(-c3ccccc3)nc3n2-c2cccnc2Nc2ccccc2-3)cc1. The molecule has 0 spiro atoms. The van der Waals surface area contributed by atoms with Gasteiger partial charge in [0.1, 0.15) is 5.82 Å². The van der Waals surface area contributed by atoms with Gasteiger partial charge in [-0.3, -0.25) is 4.57 Å². The maximum Gasteiger partial charge on any atom is 0.154 e. The molecule has 0 aliphatic carbocycles. The van der Waals surface area contributed by atoms with Crippen LogP contribution in [0.15, 0.2) is 97.2 Å². The molecule has 6 rings (SSSR count). The number of benzene rings is 3. The fourth-order valence-corrected chi connectivity index (χ4v) is 4.43. The number of para-hydroxylation sites is 1. The van der Waals surface area contributed by atoms with Crippen LogP contribution in [0.3, 0.4) is 0 Å². The lowest BCUT2D eigenvalue weighted by atomic mass is 10.0. The number of imidazole rings is 1. The molecule has 0 bridgehead atoms. The van der Waals surface area contributed by atoms with Crippen molar-refractivity contribution in [3.05, 3.63) is 103 Å². The Morgan fingerprint density at radius 2 is 1.58 bits per heavy atom. The van der Waals surface area contributed by atoms with Crippen molar-refractivity contribution in [2.45, 2.75) is 13.0 Å². The van der Waals surface area contributed by atoms with E-state index in [-0.39, 0.29) is 6.04 Å². The number of hydrogen-bond acceptors (Lipinski definition) is 4. The molecular formula is C28H23N5. The van der Waals surface area contributed by atoms with Crippen molar-refractivity contribution in [3.8, 4) is 39.6 Å². The largest absolute Gasteiger partial charge is 0.338 e. The Hall–Kier alpha value is -4.22. The van der Waals surface area contributed by atoms with Crippen LogP contribution in [-0.2, 0) is 0 Å². The van der Waals surface area contributed by atoms with Gasteiger partial charge in [0.25, 0.3) is 0 Å². The van der Waals surface area contributed by atoms with Crippen molar-refractivity contribution in [3.63, 3.8) is 0 Å². The predicted molar refractivity (Wildman–Crippen MR) is 134 cm³/mol. The van der Waals surface area contributed by atoms with E-state index in [9.17, 15) is 0 Å². The topological polar surface area (TPSA) is 68.8 Å². The van der Waals surface area contributed by atoms with Gasteiger partial charge in [-0.2, -0.15) is 0 Å². The predicted octanol–water partition coefficient (Wildman–Crippen LogP) is 6.35. The Morgan fingerprint density at radius 3 is 2.36 bits per heavy atom. The molecule has 5 heteroatoms. The molecule has 0 amide bonds. The van der Waals surface area contributed by atoms with E-state index < -0.39 is 0 Å². The Balaban J connectivity index is 1.72. The van der Waals surface area contributed by atoms with Crippen molar-refractivity contribution in [2.24, 2.45) is 5.73 Å². The molecular weight excluding hydrogens is 406 g/mol. The third kappa shape index (κ3) is 3.22. The maximum atomic E-state index is 6.12. The molecule has 1 atom stereocenters. The zero-order chi connectivity index (χ0) is 22.4. The minimum atomic E-state index is -0.0174. The summed E-state index contributed by atoms with van der Waals surface area (Å²) in [6.45, 7) is 2.00. The van der Waals surface area contributed by atoms with Gasteiger partial charge in [-0.1, -0.05) is 66.7 Å². The van der Waals surface area contributed by atoms with Gasteiger partial charge in [0.15, 0.2) is 5.82 Å². The summed E-state index contributed by atoms with van der Waals surface area (Å²) in [5, 5.41) is 3.51. The number of anilines is 2. The molecule has 0 saturated heterocycles. The van der Waals surface area contributed by atoms with E-state index in [0.717, 1.165) is 56.7 Å². The monoisotopic (exact) mass is 429 g/mol. The van der Waals surface area contributed by atoms with Crippen LogP contribution < -0.4 is 11.1 Å². The van der Waals surface area contributed by atoms with Gasteiger partial charge in [-0.15, -0.1) is 0 Å². The van der Waals surface area contributed by atoms with E-state index in [1.807, 2.05) is 49.5 Å². The van der Waals surface area contributed by atoms with Crippen LogP contribution in [0.2, 0.25) is 0 Å². The van der Waals surface area contributed by atoms with Crippen LogP contribution in [0.5, 0.6) is 0 Å². The minimum Gasteiger partial charge on any atom is -0.338 e. The molecule has 1 aliphatic rings. The Kier molecular flexibility index (Phi) is 4.56. The second-order valence-corrected chi connectivity index (χ2v) is 8.29. The molecule has 3 aromatic carbocycles. The van der Waals surface area contributed by atoms with E-state index in [4.69, 9.17) is 10.7 Å². The van der Waals surface area contributed by atoms with E-state index in [1.165, 1.54) is 0 Å². The van der Waals surface area contributed by atoms with E-state index in [0.29, 0.717) is 0 Å². The zero-order valence-electron chi connectivity index (χ0n) is 18.2. The molecule has 0 fully saturated rings. The fourth-order valence-electron chi connectivity index (χ4n) is 4.43. The highest BCUT2D eigenvalue weighted by Crippen LogP contribution is 2.44. The van der Waals surface area contributed by atoms with Gasteiger partial charge in [0, 0.05) is 28.9 Å². The lowest BCUT2D eigenvalue weighted by molar-refractivity contribution is 0.818. The molecule has 33 heavy (non-hydrogen) atoms. The van der Waals surface area contributed by atoms with Crippen molar-refractivity contribution in [2.75, 3.05) is 5.32 Å². The third-order valence-electron chi connectivity index (χ3n) is 6.08. The molecule has 3 N–H and O–H groups in total. The molecule has 160 valence electrons. The molecule has 5 aromatic rings. The number of hydrogen-bond donors (Lipinski definition) is 2. The number of rotatable bonds is 3. The molecule has 0 saturated carbocycles. The first-order valence-corrected chi connectivity index (χ1v) is 11.1. The van der Waals surface area contributed by atoms with Crippen LogP contribution in [0.4, 0.5) is 11.5 Å². The molecule has 1 aliphatic heterocycles. The van der Waals surface area contributed by atoms with Crippen molar-refractivity contribution in [1.82, 2.24) is 14.5 Å². The van der Waals surface area contributed by atoms with Gasteiger partial charge in [-0.25, -0.2) is 9.97 Å². The second kappa shape index (κ2) is 7.73. The summed E-state index contributed by atoms with van der Waals surface area (Å²) in [5.41, 5.74) is 14.3. The summed E-state index contributed by atoms with van der Waals surface area (Å²) in [7, 11) is 0. The van der Waals surface area contributed by atoms with Gasteiger partial charge in [0.05, 0.1) is 22.8 Å². The third-order valence-corrected chi connectivity index (χ3v) is 6.08. The number of pyridine rings is 1. The average molecular weight is 430 g/mol. The van der Waals surface area contributed by atoms with Crippen molar-refractivity contribution < 1.29 is 0 Å². The maximum absolute atomic E-state index is 6.12. The van der Waals surface area contributed by atoms with Gasteiger partial charge >= 0.3 is 0 Å². The van der Waals surface area contributed by atoms with E-state index >= 15 is 0 Å². The van der Waals surface area contributed by atoms with E-state index in [2.05, 4.69) is 69.5 Å². The first-order valence-electron chi connectivity index (χ1n) is 11.1. The number of nitrogens with two attached hydrogens (primary N) is 1. The highest BCUT2D eigenvalue weighted by molar-refractivity contribution is 5.90. The van der Waals surface area contributed by atoms with Crippen LogP contribution in [0.1, 0.15) is 18.5 Å². The molecule has 0 radical (unpaired) electrons. The molecule has 3 heterocycles. The van der Waals surface area contributed by atoms with Crippen LogP contribution in [0.25, 0.3) is 39.6 Å². The fraction of sp³-hybridized carbons (Fsp3) is 0.0714. The summed E-state index contributed by atoms with van der Waals surface area (Å²) in [4.78, 5) is 9.88. The quantitative estimate of drug-likeness (QED) is 0.344. The van der Waals surface area contributed by atoms with Gasteiger partial charge < -0.3 is 11.1 Å². The van der Waals surface area contributed by atoms with Crippen molar-refractivity contribution in [1.29, 1.82) is 0 Å². The lowest BCUT2D eigenvalue weighted by Crippen LogP contribution is -2.05. The number of fused-ring (bicyclic) bond motifs is 5. The summed E-state index contributed by atoms with van der Waals surface area (Å²) in [6.07, 6.45) is 1.81. The lowest BCUT2D eigenvalue weighted by Gasteiger charge is -2.14. The highest BCUT2D eigenvalue weighted by atomic mass is 15.2. The number of aromatic nitrogens is 3.